The van der Waals surface area contributed by atoms with Crippen LogP contribution in [0.15, 0.2) is 22.7 Å². The van der Waals surface area contributed by atoms with Crippen LogP contribution in [0.2, 0.25) is 0 Å². The van der Waals surface area contributed by atoms with Gasteiger partial charge in [-0.3, -0.25) is 0 Å². The van der Waals surface area contributed by atoms with Crippen LogP contribution in [-0.4, -0.2) is 31.0 Å². The maximum Gasteiger partial charge on any atom is 0.417 e. The third-order valence-electron chi connectivity index (χ3n) is 2.15. The van der Waals surface area contributed by atoms with Crippen molar-refractivity contribution in [3.8, 4) is 5.75 Å². The van der Waals surface area contributed by atoms with Gasteiger partial charge in [-0.1, -0.05) is 6.07 Å². The number of aliphatic hydroxyl groups is 1. The fourth-order valence-corrected chi connectivity index (χ4v) is 1.78. The number of nitrogens with one attached hydrogen (secondary N) is 1. The molecule has 1 rings (SSSR count). The second kappa shape index (κ2) is 6.40. The fraction of sp³-hybridized carbons (Fsp3) is 0.455. The summed E-state index contributed by atoms with van der Waals surface area (Å²) in [7, 11) is 1.79. The number of hydrogen-bond acceptors (Lipinski definition) is 3. The molecule has 0 saturated heterocycles. The Hall–Kier alpha value is -0.790. The second-order valence-electron chi connectivity index (χ2n) is 3.66. The molecule has 2 N–H and O–H groups in total. The number of rotatable bonds is 5. The summed E-state index contributed by atoms with van der Waals surface area (Å²) in [4.78, 5) is 0. The largest absolute Gasteiger partial charge is 0.489 e. The van der Waals surface area contributed by atoms with E-state index in [1.807, 2.05) is 0 Å². The summed E-state index contributed by atoms with van der Waals surface area (Å²) in [6, 6.07) is 5.03. The fourth-order valence-electron chi connectivity index (χ4n) is 1.24. The third kappa shape index (κ3) is 4.47. The van der Waals surface area contributed by atoms with E-state index in [1.54, 1.807) is 25.2 Å². The maximum atomic E-state index is 12.1. The van der Waals surface area contributed by atoms with Crippen molar-refractivity contribution in [2.45, 2.75) is 18.8 Å². The predicted molar refractivity (Wildman–Crippen MR) is 64.5 cm³/mol. The minimum atomic E-state index is -4.67. The summed E-state index contributed by atoms with van der Waals surface area (Å²) in [5.41, 5.74) is 0.966. The number of alkyl halides is 3. The number of hydrogen-bond donors (Lipinski definition) is 2. The van der Waals surface area contributed by atoms with Gasteiger partial charge in [-0.15, -0.1) is 0 Å². The summed E-state index contributed by atoms with van der Waals surface area (Å²) in [5.74, 6) is 0.262. The van der Waals surface area contributed by atoms with Crippen LogP contribution in [0.1, 0.15) is 5.56 Å². The van der Waals surface area contributed by atoms with Crippen LogP contribution >= 0.6 is 15.9 Å². The zero-order valence-corrected chi connectivity index (χ0v) is 11.2. The van der Waals surface area contributed by atoms with E-state index in [9.17, 15) is 13.2 Å². The van der Waals surface area contributed by atoms with Crippen molar-refractivity contribution in [2.24, 2.45) is 0 Å². The van der Waals surface area contributed by atoms with Crippen LogP contribution < -0.4 is 10.1 Å². The van der Waals surface area contributed by atoms with Gasteiger partial charge in [0.25, 0.3) is 0 Å². The van der Waals surface area contributed by atoms with Gasteiger partial charge >= 0.3 is 6.18 Å². The Kier molecular flexibility index (Phi) is 5.43. The van der Waals surface area contributed by atoms with Crippen molar-refractivity contribution in [2.75, 3.05) is 13.7 Å². The molecule has 0 aromatic heterocycles. The lowest BCUT2D eigenvalue weighted by Crippen LogP contribution is -2.34. The molecular formula is C11H13BrF3NO2. The van der Waals surface area contributed by atoms with Gasteiger partial charge in [0.1, 0.15) is 12.4 Å². The van der Waals surface area contributed by atoms with E-state index in [2.05, 4.69) is 21.2 Å². The van der Waals surface area contributed by atoms with Crippen LogP contribution in [0.25, 0.3) is 0 Å². The van der Waals surface area contributed by atoms with Crippen LogP contribution in [-0.2, 0) is 6.54 Å². The summed E-state index contributed by atoms with van der Waals surface area (Å²) < 4.78 is 41.7. The first-order chi connectivity index (χ1) is 8.34. The van der Waals surface area contributed by atoms with Gasteiger partial charge in [-0.25, -0.2) is 0 Å². The lowest BCUT2D eigenvalue weighted by Gasteiger charge is -2.16. The van der Waals surface area contributed by atoms with E-state index in [1.165, 1.54) is 0 Å². The second-order valence-corrected chi connectivity index (χ2v) is 4.52. The van der Waals surface area contributed by atoms with E-state index in [4.69, 9.17) is 9.84 Å². The van der Waals surface area contributed by atoms with E-state index in [-0.39, 0.29) is 5.75 Å². The highest BCUT2D eigenvalue weighted by Crippen LogP contribution is 2.27. The Bertz CT molecular complexity index is 398. The lowest BCUT2D eigenvalue weighted by atomic mass is 10.2. The molecule has 0 aliphatic rings. The molecule has 0 spiro atoms. The molecule has 18 heavy (non-hydrogen) atoms. The minimum Gasteiger partial charge on any atom is -0.489 e. The van der Waals surface area contributed by atoms with Gasteiger partial charge in [0, 0.05) is 6.54 Å². The quantitative estimate of drug-likeness (QED) is 0.873. The molecule has 1 atom stereocenters. The first-order valence-corrected chi connectivity index (χ1v) is 5.94. The number of halogens is 4. The van der Waals surface area contributed by atoms with Crippen molar-refractivity contribution >= 4 is 15.9 Å². The normalized spacial score (nSPS) is 13.4. The topological polar surface area (TPSA) is 41.5 Å². The highest BCUT2D eigenvalue weighted by molar-refractivity contribution is 9.10. The third-order valence-corrected chi connectivity index (χ3v) is 2.77. The summed E-state index contributed by atoms with van der Waals surface area (Å²) in [6.07, 6.45) is -7.15. The molecule has 0 aliphatic carbocycles. The Morgan fingerprint density at radius 2 is 2.11 bits per heavy atom. The van der Waals surface area contributed by atoms with Crippen molar-refractivity contribution in [3.63, 3.8) is 0 Å². The van der Waals surface area contributed by atoms with Crippen LogP contribution in [0.3, 0.4) is 0 Å². The molecular weight excluding hydrogens is 315 g/mol. The van der Waals surface area contributed by atoms with Gasteiger partial charge in [-0.05, 0) is 40.7 Å². The molecule has 0 saturated carbocycles. The van der Waals surface area contributed by atoms with E-state index in [0.29, 0.717) is 11.0 Å². The monoisotopic (exact) mass is 327 g/mol. The van der Waals surface area contributed by atoms with Crippen LogP contribution in [0, 0.1) is 0 Å². The molecule has 102 valence electrons. The molecule has 0 radical (unpaired) electrons. The van der Waals surface area contributed by atoms with E-state index < -0.39 is 18.9 Å². The number of benzene rings is 1. The summed E-state index contributed by atoms with van der Waals surface area (Å²) in [6.45, 7) is -0.183. The highest BCUT2D eigenvalue weighted by Gasteiger charge is 2.38. The summed E-state index contributed by atoms with van der Waals surface area (Å²) >= 11 is 3.20. The van der Waals surface area contributed by atoms with E-state index in [0.717, 1.165) is 5.56 Å². The molecule has 0 bridgehead atoms. The molecule has 0 amide bonds. The van der Waals surface area contributed by atoms with Gasteiger partial charge in [-0.2, -0.15) is 13.2 Å². The molecule has 0 fully saturated rings. The Morgan fingerprint density at radius 3 is 2.61 bits per heavy atom. The molecule has 0 heterocycles. The number of ether oxygens (including phenoxy) is 1. The Balaban J connectivity index is 2.63. The zero-order valence-electron chi connectivity index (χ0n) is 9.59. The van der Waals surface area contributed by atoms with Gasteiger partial charge < -0.3 is 15.2 Å². The smallest absolute Gasteiger partial charge is 0.417 e. The SMILES string of the molecule is CNCc1ccc(OCC(O)C(F)(F)F)c(Br)c1. The molecule has 7 heteroatoms. The van der Waals surface area contributed by atoms with Gasteiger partial charge in [0.15, 0.2) is 6.10 Å². The molecule has 0 aliphatic heterocycles. The standard InChI is InChI=1S/C11H13BrF3NO2/c1-16-5-7-2-3-9(8(12)4-7)18-6-10(17)11(13,14)15/h2-4,10,16-17H,5-6H2,1H3. The molecule has 1 unspecified atom stereocenters. The van der Waals surface area contributed by atoms with Crippen LogP contribution in [0.4, 0.5) is 13.2 Å². The highest BCUT2D eigenvalue weighted by atomic mass is 79.9. The lowest BCUT2D eigenvalue weighted by molar-refractivity contribution is -0.210. The van der Waals surface area contributed by atoms with Gasteiger partial charge in [0.2, 0.25) is 0 Å². The average Bonchev–Trinajstić information content (AvgIpc) is 2.26. The molecule has 1 aromatic rings. The predicted octanol–water partition coefficient (Wildman–Crippen LogP) is 2.47. The first-order valence-electron chi connectivity index (χ1n) is 5.15. The first kappa shape index (κ1) is 15.3. The maximum absolute atomic E-state index is 12.1. The van der Waals surface area contributed by atoms with Crippen LogP contribution in [0.5, 0.6) is 5.75 Å². The Labute approximate surface area is 111 Å². The van der Waals surface area contributed by atoms with Crippen molar-refractivity contribution < 1.29 is 23.0 Å². The Morgan fingerprint density at radius 1 is 1.44 bits per heavy atom. The minimum absolute atomic E-state index is 0.262. The molecule has 1 aromatic carbocycles. The average molecular weight is 328 g/mol. The van der Waals surface area contributed by atoms with Crippen molar-refractivity contribution in [3.05, 3.63) is 28.2 Å². The van der Waals surface area contributed by atoms with Crippen molar-refractivity contribution in [1.29, 1.82) is 0 Å². The zero-order chi connectivity index (χ0) is 13.8. The number of aliphatic hydroxyl groups excluding tert-OH is 1. The van der Waals surface area contributed by atoms with E-state index >= 15 is 0 Å². The van der Waals surface area contributed by atoms with Gasteiger partial charge in [0.05, 0.1) is 4.47 Å². The summed E-state index contributed by atoms with van der Waals surface area (Å²) in [5, 5.41) is 11.8. The van der Waals surface area contributed by atoms with Crippen molar-refractivity contribution in [1.82, 2.24) is 5.32 Å². The molecule has 3 nitrogen and oxygen atoms in total.